The van der Waals surface area contributed by atoms with Crippen molar-refractivity contribution in [1.29, 1.82) is 0 Å². The van der Waals surface area contributed by atoms with Gasteiger partial charge in [0.15, 0.2) is 5.96 Å². The number of nitrogens with zero attached hydrogens (tertiary/aromatic N) is 3. The lowest BCUT2D eigenvalue weighted by molar-refractivity contribution is 0.0132. The van der Waals surface area contributed by atoms with Gasteiger partial charge in [-0.1, -0.05) is 19.9 Å². The van der Waals surface area contributed by atoms with Crippen molar-refractivity contribution in [2.75, 3.05) is 39.9 Å². The average molecular weight is 406 g/mol. The van der Waals surface area contributed by atoms with Gasteiger partial charge in [-0.3, -0.25) is 9.89 Å². The molecular weight excluding hydrogens is 374 g/mol. The highest BCUT2D eigenvalue weighted by molar-refractivity contribution is 7.13. The van der Waals surface area contributed by atoms with Crippen molar-refractivity contribution in [2.45, 2.75) is 32.9 Å². The molecule has 28 heavy (non-hydrogen) atoms. The molecule has 1 aliphatic rings. The number of oxazole rings is 1. The molecule has 2 aromatic rings. The smallest absolute Gasteiger partial charge is 0.236 e. The number of aliphatic imine (C=N–C) groups is 1. The van der Waals surface area contributed by atoms with Crippen LogP contribution in [0.4, 0.5) is 0 Å². The maximum Gasteiger partial charge on any atom is 0.236 e. The summed E-state index contributed by atoms with van der Waals surface area (Å²) in [5.41, 5.74) is 0.859. The van der Waals surface area contributed by atoms with Crippen LogP contribution in [0.3, 0.4) is 0 Å². The third-order valence-corrected chi connectivity index (χ3v) is 5.61. The molecular formula is C20H31N5O2S. The van der Waals surface area contributed by atoms with Crippen molar-refractivity contribution < 1.29 is 9.15 Å². The number of ether oxygens (including phenoxy) is 1. The van der Waals surface area contributed by atoms with Gasteiger partial charge in [-0.25, -0.2) is 4.98 Å². The fourth-order valence-electron chi connectivity index (χ4n) is 3.36. The molecule has 0 aliphatic carbocycles. The van der Waals surface area contributed by atoms with E-state index in [1.807, 2.05) is 17.5 Å². The summed E-state index contributed by atoms with van der Waals surface area (Å²) in [5, 5.41) is 8.83. The fourth-order valence-corrected chi connectivity index (χ4v) is 4.01. The first-order valence-corrected chi connectivity index (χ1v) is 10.8. The number of thiophene rings is 1. The Bertz CT molecular complexity index is 723. The van der Waals surface area contributed by atoms with E-state index >= 15 is 0 Å². The van der Waals surface area contributed by atoms with Crippen molar-refractivity contribution in [3.05, 3.63) is 29.5 Å². The van der Waals surface area contributed by atoms with Gasteiger partial charge >= 0.3 is 0 Å². The van der Waals surface area contributed by atoms with E-state index in [-0.39, 0.29) is 0 Å². The van der Waals surface area contributed by atoms with Crippen LogP contribution in [0.2, 0.25) is 0 Å². The van der Waals surface area contributed by atoms with Crippen LogP contribution in [0.15, 0.2) is 33.2 Å². The van der Waals surface area contributed by atoms with Crippen LogP contribution in [-0.4, -0.2) is 61.8 Å². The third kappa shape index (κ3) is 6.05. The van der Waals surface area contributed by atoms with Gasteiger partial charge in [0.1, 0.15) is 6.26 Å². The molecule has 1 aliphatic heterocycles. The standard InChI is InChI=1S/C20H31N5O2S/c1-15(2)11-17(25-6-8-26-9-7-25)13-23-20(21-3)22-12-16-14-27-19(24-16)18-5-4-10-28-18/h4-5,10,14-15,17H,6-9,11-13H2,1-3H3,(H2,21,22,23). The Balaban J connectivity index is 1.50. The lowest BCUT2D eigenvalue weighted by Gasteiger charge is -2.35. The first kappa shape index (κ1) is 20.8. The van der Waals surface area contributed by atoms with E-state index in [1.54, 1.807) is 24.6 Å². The zero-order chi connectivity index (χ0) is 19.8. The number of morpholine rings is 1. The molecule has 3 heterocycles. The monoisotopic (exact) mass is 405 g/mol. The van der Waals surface area contributed by atoms with Crippen LogP contribution >= 0.6 is 11.3 Å². The SMILES string of the molecule is CN=C(NCc1coc(-c2cccs2)n1)NCC(CC(C)C)N1CCOCC1. The van der Waals surface area contributed by atoms with E-state index in [0.717, 1.165) is 55.8 Å². The van der Waals surface area contributed by atoms with E-state index in [9.17, 15) is 0 Å². The number of rotatable bonds is 8. The van der Waals surface area contributed by atoms with Crippen LogP contribution < -0.4 is 10.6 Å². The fraction of sp³-hybridized carbons (Fsp3) is 0.600. The molecule has 0 bridgehead atoms. The summed E-state index contributed by atoms with van der Waals surface area (Å²) in [4.78, 5) is 12.5. The summed E-state index contributed by atoms with van der Waals surface area (Å²) < 4.78 is 11.1. The molecule has 2 N–H and O–H groups in total. The highest BCUT2D eigenvalue weighted by Gasteiger charge is 2.22. The summed E-state index contributed by atoms with van der Waals surface area (Å²) >= 11 is 1.62. The molecule has 0 spiro atoms. The van der Waals surface area contributed by atoms with Crippen molar-refractivity contribution in [3.8, 4) is 10.8 Å². The van der Waals surface area contributed by atoms with E-state index in [4.69, 9.17) is 9.15 Å². The Hall–Kier alpha value is -1.90. The highest BCUT2D eigenvalue weighted by Crippen LogP contribution is 2.23. The summed E-state index contributed by atoms with van der Waals surface area (Å²) in [6.45, 7) is 9.61. The van der Waals surface area contributed by atoms with Gasteiger partial charge in [-0.15, -0.1) is 11.3 Å². The van der Waals surface area contributed by atoms with Crippen molar-refractivity contribution in [3.63, 3.8) is 0 Å². The number of nitrogens with one attached hydrogen (secondary N) is 2. The molecule has 154 valence electrons. The third-order valence-electron chi connectivity index (χ3n) is 4.75. The molecule has 1 fully saturated rings. The first-order chi connectivity index (χ1) is 13.7. The van der Waals surface area contributed by atoms with Crippen LogP contribution in [0.1, 0.15) is 26.0 Å². The maximum absolute atomic E-state index is 5.58. The second-order valence-corrected chi connectivity index (χ2v) is 8.31. The normalized spacial score (nSPS) is 17.1. The number of aromatic nitrogens is 1. The maximum atomic E-state index is 5.58. The topological polar surface area (TPSA) is 74.9 Å². The Kier molecular flexibility index (Phi) is 7.88. The molecule has 7 nitrogen and oxygen atoms in total. The van der Waals surface area contributed by atoms with Gasteiger partial charge in [0.25, 0.3) is 0 Å². The van der Waals surface area contributed by atoms with Gasteiger partial charge in [-0.05, 0) is 23.8 Å². The van der Waals surface area contributed by atoms with Gasteiger partial charge in [0.2, 0.25) is 5.89 Å². The van der Waals surface area contributed by atoms with Crippen LogP contribution in [0.5, 0.6) is 0 Å². The zero-order valence-corrected chi connectivity index (χ0v) is 17.8. The Labute approximate surface area is 171 Å². The number of hydrogen-bond donors (Lipinski definition) is 2. The second-order valence-electron chi connectivity index (χ2n) is 7.36. The second kappa shape index (κ2) is 10.6. The molecule has 3 rings (SSSR count). The Morgan fingerprint density at radius 3 is 2.82 bits per heavy atom. The predicted octanol–water partition coefficient (Wildman–Crippen LogP) is 2.82. The predicted molar refractivity (Wildman–Crippen MR) is 114 cm³/mol. The van der Waals surface area contributed by atoms with Crippen LogP contribution in [-0.2, 0) is 11.3 Å². The molecule has 0 radical (unpaired) electrons. The Morgan fingerprint density at radius 2 is 2.14 bits per heavy atom. The van der Waals surface area contributed by atoms with Crippen molar-refractivity contribution in [1.82, 2.24) is 20.5 Å². The largest absolute Gasteiger partial charge is 0.443 e. The molecule has 8 heteroatoms. The molecule has 2 aromatic heterocycles. The molecule has 1 saturated heterocycles. The van der Waals surface area contributed by atoms with E-state index in [2.05, 4.69) is 39.4 Å². The lowest BCUT2D eigenvalue weighted by atomic mass is 10.0. The molecule has 1 atom stereocenters. The average Bonchev–Trinajstić information content (AvgIpc) is 3.39. The van der Waals surface area contributed by atoms with E-state index in [0.29, 0.717) is 24.4 Å². The van der Waals surface area contributed by atoms with Crippen LogP contribution in [0.25, 0.3) is 10.8 Å². The van der Waals surface area contributed by atoms with Crippen LogP contribution in [0, 0.1) is 5.92 Å². The van der Waals surface area contributed by atoms with Gasteiger partial charge in [-0.2, -0.15) is 0 Å². The number of hydrogen-bond acceptors (Lipinski definition) is 6. The van der Waals surface area contributed by atoms with Gasteiger partial charge in [0.05, 0.1) is 30.3 Å². The minimum atomic E-state index is 0.472. The quantitative estimate of drug-likeness (QED) is 0.520. The summed E-state index contributed by atoms with van der Waals surface area (Å²) in [6, 6.07) is 4.48. The Morgan fingerprint density at radius 1 is 1.32 bits per heavy atom. The summed E-state index contributed by atoms with van der Waals surface area (Å²) in [5.74, 6) is 2.09. The molecule has 0 aromatic carbocycles. The van der Waals surface area contributed by atoms with Crippen molar-refractivity contribution >= 4 is 17.3 Å². The van der Waals surface area contributed by atoms with Gasteiger partial charge in [0, 0.05) is 32.7 Å². The first-order valence-electron chi connectivity index (χ1n) is 9.90. The van der Waals surface area contributed by atoms with Crippen molar-refractivity contribution in [2.24, 2.45) is 10.9 Å². The molecule has 0 amide bonds. The zero-order valence-electron chi connectivity index (χ0n) is 17.0. The lowest BCUT2D eigenvalue weighted by Crippen LogP contribution is -2.51. The van der Waals surface area contributed by atoms with E-state index in [1.165, 1.54) is 0 Å². The van der Waals surface area contributed by atoms with Gasteiger partial charge < -0.3 is 19.8 Å². The summed E-state index contributed by atoms with van der Waals surface area (Å²) in [6.07, 6.45) is 2.85. The highest BCUT2D eigenvalue weighted by atomic mass is 32.1. The summed E-state index contributed by atoms with van der Waals surface area (Å²) in [7, 11) is 1.79. The molecule has 1 unspecified atom stereocenters. The minimum Gasteiger partial charge on any atom is -0.443 e. The molecule has 0 saturated carbocycles. The van der Waals surface area contributed by atoms with E-state index < -0.39 is 0 Å². The minimum absolute atomic E-state index is 0.472. The number of guanidine groups is 1.